The van der Waals surface area contributed by atoms with Crippen LogP contribution in [0.5, 0.6) is 5.75 Å². The van der Waals surface area contributed by atoms with Crippen LogP contribution in [0, 0.1) is 5.92 Å². The van der Waals surface area contributed by atoms with Gasteiger partial charge in [-0.25, -0.2) is 13.4 Å². The van der Waals surface area contributed by atoms with E-state index in [1.807, 2.05) is 11.0 Å². The maximum atomic E-state index is 13.6. The molecular formula is C29H39N3O5S. The van der Waals surface area contributed by atoms with E-state index in [-0.39, 0.29) is 21.1 Å². The van der Waals surface area contributed by atoms with Crippen LogP contribution in [0.15, 0.2) is 52.3 Å². The van der Waals surface area contributed by atoms with Crippen molar-refractivity contribution in [3.8, 4) is 5.75 Å². The molecular weight excluding hydrogens is 502 g/mol. The van der Waals surface area contributed by atoms with Gasteiger partial charge in [0.25, 0.3) is 0 Å². The molecule has 206 valence electrons. The van der Waals surface area contributed by atoms with Crippen molar-refractivity contribution in [3.05, 3.63) is 48.3 Å². The average Bonchev–Trinajstić information content (AvgIpc) is 3.25. The summed E-state index contributed by atoms with van der Waals surface area (Å²) in [6.07, 6.45) is 2.61. The number of piperidine rings is 1. The summed E-state index contributed by atoms with van der Waals surface area (Å²) in [5.74, 6) is 2.00. The minimum absolute atomic E-state index is 0.129. The summed E-state index contributed by atoms with van der Waals surface area (Å²) in [6.45, 7) is 11.4. The van der Waals surface area contributed by atoms with E-state index in [1.165, 1.54) is 0 Å². The second kappa shape index (κ2) is 11.5. The number of hydrogen-bond acceptors (Lipinski definition) is 6. The number of aromatic nitrogens is 2. The zero-order valence-corrected chi connectivity index (χ0v) is 23.9. The van der Waals surface area contributed by atoms with Gasteiger partial charge in [0.05, 0.1) is 27.4 Å². The smallest absolute Gasteiger partial charge is 0.219 e. The monoisotopic (exact) mass is 541 g/mol. The zero-order chi connectivity index (χ0) is 27.5. The number of likely N-dealkylation sites (tertiary alicyclic amines) is 1. The maximum absolute atomic E-state index is 13.6. The Labute approximate surface area is 225 Å². The molecule has 1 saturated heterocycles. The van der Waals surface area contributed by atoms with Crippen molar-refractivity contribution in [1.82, 2.24) is 14.5 Å². The number of hydrogen-bond donors (Lipinski definition) is 0. The highest BCUT2D eigenvalue weighted by atomic mass is 32.2. The molecule has 3 aromatic rings. The van der Waals surface area contributed by atoms with Gasteiger partial charge in [0.2, 0.25) is 15.7 Å². The van der Waals surface area contributed by atoms with Gasteiger partial charge in [0.15, 0.2) is 0 Å². The normalized spacial score (nSPS) is 15.2. The van der Waals surface area contributed by atoms with Crippen LogP contribution in [-0.4, -0.2) is 62.2 Å². The number of benzene rings is 2. The van der Waals surface area contributed by atoms with Crippen LogP contribution in [0.4, 0.5) is 0 Å². The Morgan fingerprint density at radius 2 is 1.76 bits per heavy atom. The summed E-state index contributed by atoms with van der Waals surface area (Å²) in [6, 6.07) is 11.8. The number of ether oxygens (including phenoxy) is 2. The quantitative estimate of drug-likeness (QED) is 0.360. The lowest BCUT2D eigenvalue weighted by molar-refractivity contribution is -0.130. The van der Waals surface area contributed by atoms with E-state index >= 15 is 0 Å². The Morgan fingerprint density at radius 1 is 1.05 bits per heavy atom. The van der Waals surface area contributed by atoms with E-state index in [1.54, 1.807) is 50.4 Å². The molecule has 8 nitrogen and oxygen atoms in total. The molecule has 1 fully saturated rings. The van der Waals surface area contributed by atoms with Crippen molar-refractivity contribution in [2.45, 2.75) is 68.7 Å². The van der Waals surface area contributed by atoms with Crippen LogP contribution < -0.4 is 4.74 Å². The second-order valence-electron chi connectivity index (χ2n) is 11.1. The van der Waals surface area contributed by atoms with Crippen molar-refractivity contribution in [1.29, 1.82) is 0 Å². The van der Waals surface area contributed by atoms with Crippen LogP contribution in [0.3, 0.4) is 0 Å². The van der Waals surface area contributed by atoms with Gasteiger partial charge < -0.3 is 18.9 Å². The Kier molecular flexibility index (Phi) is 8.47. The van der Waals surface area contributed by atoms with Gasteiger partial charge in [-0.15, -0.1) is 0 Å². The van der Waals surface area contributed by atoms with Gasteiger partial charge in [-0.1, -0.05) is 26.8 Å². The SMILES string of the molecule is COCCCOc1cccc(S(=O)(=O)c2ccc3c(c2)nc(C(C)(C)C)n3CC2CCN(C(C)=O)CC2)c1. The van der Waals surface area contributed by atoms with Gasteiger partial charge in [-0.3, -0.25) is 4.79 Å². The fraction of sp³-hybridized carbons (Fsp3) is 0.517. The lowest BCUT2D eigenvalue weighted by Crippen LogP contribution is -2.38. The predicted octanol–water partition coefficient (Wildman–Crippen LogP) is 4.84. The lowest BCUT2D eigenvalue weighted by atomic mass is 9.93. The van der Waals surface area contributed by atoms with Crippen molar-refractivity contribution in [2.75, 3.05) is 33.4 Å². The van der Waals surface area contributed by atoms with Crippen LogP contribution in [0.25, 0.3) is 11.0 Å². The number of carbonyl (C=O) groups is 1. The first-order valence-corrected chi connectivity index (χ1v) is 14.7. The van der Waals surface area contributed by atoms with Gasteiger partial charge in [-0.05, 0) is 55.2 Å². The molecule has 2 aromatic carbocycles. The van der Waals surface area contributed by atoms with Gasteiger partial charge in [0, 0.05) is 52.1 Å². The highest BCUT2D eigenvalue weighted by molar-refractivity contribution is 7.91. The minimum Gasteiger partial charge on any atom is -0.493 e. The van der Waals surface area contributed by atoms with Crippen molar-refractivity contribution >= 4 is 26.8 Å². The van der Waals surface area contributed by atoms with Crippen molar-refractivity contribution in [2.24, 2.45) is 5.92 Å². The molecule has 1 amide bonds. The van der Waals surface area contributed by atoms with E-state index in [0.717, 1.165) is 50.2 Å². The fourth-order valence-corrected chi connectivity index (χ4v) is 6.30. The van der Waals surface area contributed by atoms with Crippen LogP contribution >= 0.6 is 0 Å². The Morgan fingerprint density at radius 3 is 2.42 bits per heavy atom. The highest BCUT2D eigenvalue weighted by Gasteiger charge is 2.28. The molecule has 0 unspecified atom stereocenters. The van der Waals surface area contributed by atoms with Gasteiger partial charge in [0.1, 0.15) is 11.6 Å². The standard InChI is InChI=1S/C29H39N3O5S/c1-21(33)31-14-12-22(13-15-31)20-32-27-11-10-25(19-26(27)30-28(32)29(2,3)4)38(34,35)24-9-6-8-23(18-24)37-17-7-16-36-5/h6,8-11,18-19,22H,7,12-17,20H2,1-5H3. The first-order valence-electron chi connectivity index (χ1n) is 13.2. The van der Waals surface area contributed by atoms with E-state index < -0.39 is 9.84 Å². The topological polar surface area (TPSA) is 90.7 Å². The molecule has 0 saturated carbocycles. The molecule has 2 heterocycles. The fourth-order valence-electron chi connectivity index (χ4n) is 4.98. The number of methoxy groups -OCH3 is 1. The predicted molar refractivity (Wildman–Crippen MR) is 147 cm³/mol. The molecule has 9 heteroatoms. The summed E-state index contributed by atoms with van der Waals surface area (Å²) in [7, 11) is -2.12. The van der Waals surface area contributed by atoms with Gasteiger partial charge >= 0.3 is 0 Å². The zero-order valence-electron chi connectivity index (χ0n) is 23.1. The third-order valence-electron chi connectivity index (χ3n) is 7.08. The second-order valence-corrected chi connectivity index (χ2v) is 13.0. The third-order valence-corrected chi connectivity index (χ3v) is 8.83. The minimum atomic E-state index is -3.76. The first-order chi connectivity index (χ1) is 18.0. The number of nitrogens with zero attached hydrogens (tertiary/aromatic N) is 3. The molecule has 1 aliphatic rings. The number of carbonyl (C=O) groups excluding carboxylic acids is 1. The molecule has 38 heavy (non-hydrogen) atoms. The number of amides is 1. The molecule has 1 aliphatic heterocycles. The number of imidazole rings is 1. The average molecular weight is 542 g/mol. The Bertz CT molecular complexity index is 1380. The summed E-state index contributed by atoms with van der Waals surface area (Å²) in [5, 5.41) is 0. The first kappa shape index (κ1) is 28.1. The van der Waals surface area contributed by atoms with Crippen molar-refractivity contribution < 1.29 is 22.7 Å². The molecule has 4 rings (SSSR count). The molecule has 0 N–H and O–H groups in total. The van der Waals surface area contributed by atoms with E-state index in [9.17, 15) is 13.2 Å². The molecule has 0 aliphatic carbocycles. The lowest BCUT2D eigenvalue weighted by Gasteiger charge is -2.32. The third kappa shape index (κ3) is 6.21. The molecule has 0 spiro atoms. The number of sulfone groups is 1. The largest absolute Gasteiger partial charge is 0.493 e. The van der Waals surface area contributed by atoms with E-state index in [0.29, 0.717) is 30.4 Å². The summed E-state index contributed by atoms with van der Waals surface area (Å²) in [5.41, 5.74) is 1.38. The Balaban J connectivity index is 1.62. The van der Waals surface area contributed by atoms with Gasteiger partial charge in [-0.2, -0.15) is 0 Å². The molecule has 1 aromatic heterocycles. The van der Waals surface area contributed by atoms with E-state index in [4.69, 9.17) is 14.5 Å². The maximum Gasteiger partial charge on any atom is 0.219 e. The van der Waals surface area contributed by atoms with Crippen LogP contribution in [0.2, 0.25) is 0 Å². The van der Waals surface area contributed by atoms with Crippen molar-refractivity contribution in [3.63, 3.8) is 0 Å². The molecule has 0 bridgehead atoms. The number of rotatable bonds is 9. The van der Waals surface area contributed by atoms with E-state index in [2.05, 4.69) is 25.3 Å². The summed E-state index contributed by atoms with van der Waals surface area (Å²) < 4.78 is 40.1. The summed E-state index contributed by atoms with van der Waals surface area (Å²) in [4.78, 5) is 19.0. The number of fused-ring (bicyclic) bond motifs is 1. The Hall–Kier alpha value is -2.91. The molecule has 0 atom stereocenters. The highest BCUT2D eigenvalue weighted by Crippen LogP contribution is 2.32. The molecule has 0 radical (unpaired) electrons. The van der Waals surface area contributed by atoms with Crippen LogP contribution in [0.1, 0.15) is 52.8 Å². The van der Waals surface area contributed by atoms with Crippen LogP contribution in [-0.2, 0) is 31.3 Å². The summed E-state index contributed by atoms with van der Waals surface area (Å²) >= 11 is 0.